The molecule has 0 bridgehead atoms. The number of carboxylic acid groups (broad SMARTS) is 3. The Hall–Kier alpha value is -7.95. The lowest BCUT2D eigenvalue weighted by Gasteiger charge is -2.30. The summed E-state index contributed by atoms with van der Waals surface area (Å²) < 4.78 is 0. The van der Waals surface area contributed by atoms with E-state index in [9.17, 15) is 63.3 Å². The van der Waals surface area contributed by atoms with Crippen LogP contribution < -0.4 is 37.2 Å². The second kappa shape index (κ2) is 32.5. The van der Waals surface area contributed by atoms with Gasteiger partial charge in [0.25, 0.3) is 0 Å². The van der Waals surface area contributed by atoms with Gasteiger partial charge in [0.2, 0.25) is 35.4 Å². The average molecular weight is 1070 g/mol. The smallest absolute Gasteiger partial charge is 0.326 e. The number of hydrogen-bond donors (Lipinski definition) is 10. The molecule has 4 atom stereocenters. The fourth-order valence-electron chi connectivity index (χ4n) is 8.57. The molecule has 1 aliphatic heterocycles. The van der Waals surface area contributed by atoms with Gasteiger partial charge in [0.05, 0.1) is 25.1 Å². The van der Waals surface area contributed by atoms with Gasteiger partial charge in [0.15, 0.2) is 0 Å². The van der Waals surface area contributed by atoms with Crippen LogP contribution in [0.2, 0.25) is 0 Å². The Bertz CT molecular complexity index is 2480. The van der Waals surface area contributed by atoms with E-state index in [0.29, 0.717) is 55.8 Å². The number of unbranched alkanes of at least 4 members (excludes halogenated alkanes) is 4. The van der Waals surface area contributed by atoms with Crippen molar-refractivity contribution in [1.29, 1.82) is 0 Å². The SMILES string of the molecule is Cc1ccccc1NC(=O)Nc1ccc(CC(=O)N[C@@H](CCCCNC(=O)CCC(=O)NCCCCCCN(CC(=O)O)Cc2ccccn2)C(=O)N[C@@H](CC(=O)O)C(=O)N[C@H](C(=O)N2CCC[C@H]2C(=O)O)C(C)C)cc1. The molecule has 23 heteroatoms. The zero-order chi connectivity index (χ0) is 56.3. The predicted octanol–water partition coefficient (Wildman–Crippen LogP) is 3.57. The maximum Gasteiger partial charge on any atom is 0.326 e. The molecule has 10 N–H and O–H groups in total. The highest BCUT2D eigenvalue weighted by molar-refractivity contribution is 6.00. The molecular formula is C54H74N10O13. The van der Waals surface area contributed by atoms with E-state index in [1.807, 2.05) is 36.1 Å². The maximum absolute atomic E-state index is 14.0. The molecule has 8 amide bonds. The number of anilines is 2. The van der Waals surface area contributed by atoms with Crippen molar-refractivity contribution in [3.8, 4) is 0 Å². The lowest BCUT2D eigenvalue weighted by molar-refractivity contribution is -0.150. The summed E-state index contributed by atoms with van der Waals surface area (Å²) in [5.41, 5.74) is 3.25. The lowest BCUT2D eigenvalue weighted by Crippen LogP contribution is -2.59. The number of para-hydroxylation sites is 1. The molecule has 1 aliphatic rings. The van der Waals surface area contributed by atoms with Crippen LogP contribution in [0.25, 0.3) is 0 Å². The second-order valence-electron chi connectivity index (χ2n) is 19.3. The summed E-state index contributed by atoms with van der Waals surface area (Å²) in [5.74, 6) is -7.95. The molecule has 2 aromatic carbocycles. The number of rotatable bonds is 33. The molecule has 1 fully saturated rings. The molecule has 1 aromatic heterocycles. The van der Waals surface area contributed by atoms with Crippen LogP contribution in [-0.2, 0) is 56.1 Å². The van der Waals surface area contributed by atoms with Gasteiger partial charge in [-0.1, -0.05) is 63.1 Å². The highest BCUT2D eigenvalue weighted by Crippen LogP contribution is 2.21. The van der Waals surface area contributed by atoms with Crippen LogP contribution in [0, 0.1) is 12.8 Å². The van der Waals surface area contributed by atoms with Gasteiger partial charge >= 0.3 is 23.9 Å². The largest absolute Gasteiger partial charge is 0.481 e. The highest BCUT2D eigenvalue weighted by atomic mass is 16.4. The number of hydrogen-bond acceptors (Lipinski definition) is 12. The maximum atomic E-state index is 14.0. The van der Waals surface area contributed by atoms with Crippen LogP contribution in [-0.4, -0.2) is 146 Å². The van der Waals surface area contributed by atoms with Gasteiger partial charge in [-0.3, -0.25) is 48.2 Å². The van der Waals surface area contributed by atoms with Crippen molar-refractivity contribution in [3.63, 3.8) is 0 Å². The van der Waals surface area contributed by atoms with Crippen molar-refractivity contribution in [2.24, 2.45) is 5.92 Å². The minimum absolute atomic E-state index is 0.0134. The Labute approximate surface area is 448 Å². The molecule has 0 aliphatic carbocycles. The Morgan fingerprint density at radius 2 is 1.35 bits per heavy atom. The summed E-state index contributed by atoms with van der Waals surface area (Å²) in [6.45, 7) is 6.76. The van der Waals surface area contributed by atoms with Crippen LogP contribution in [0.5, 0.6) is 0 Å². The van der Waals surface area contributed by atoms with Crippen molar-refractivity contribution in [2.75, 3.05) is 43.4 Å². The number of amides is 8. The summed E-state index contributed by atoms with van der Waals surface area (Å²) >= 11 is 0. The zero-order valence-electron chi connectivity index (χ0n) is 44.0. The van der Waals surface area contributed by atoms with Crippen LogP contribution >= 0.6 is 0 Å². The molecule has 3 aromatic rings. The number of nitrogens with zero attached hydrogens (tertiary/aromatic N) is 3. The molecule has 0 saturated carbocycles. The van der Waals surface area contributed by atoms with Crippen molar-refractivity contribution < 1.29 is 63.3 Å². The third-order valence-electron chi connectivity index (χ3n) is 12.7. The van der Waals surface area contributed by atoms with Crippen molar-refractivity contribution in [1.82, 2.24) is 41.4 Å². The minimum Gasteiger partial charge on any atom is -0.481 e. The van der Waals surface area contributed by atoms with E-state index in [2.05, 4.69) is 42.2 Å². The molecule has 0 spiro atoms. The number of pyridine rings is 1. The fourth-order valence-corrected chi connectivity index (χ4v) is 8.57. The van der Waals surface area contributed by atoms with E-state index in [0.717, 1.165) is 35.4 Å². The summed E-state index contributed by atoms with van der Waals surface area (Å²) in [6, 6.07) is 13.3. The Morgan fingerprint density at radius 3 is 1.97 bits per heavy atom. The second-order valence-corrected chi connectivity index (χ2v) is 19.3. The molecule has 77 heavy (non-hydrogen) atoms. The Kier molecular flexibility index (Phi) is 26.0. The van der Waals surface area contributed by atoms with Gasteiger partial charge in [-0.25, -0.2) is 9.59 Å². The molecule has 23 nitrogen and oxygen atoms in total. The van der Waals surface area contributed by atoms with Crippen LogP contribution in [0.4, 0.5) is 16.2 Å². The normalized spacial score (nSPS) is 14.1. The molecule has 2 heterocycles. The van der Waals surface area contributed by atoms with E-state index in [1.54, 1.807) is 62.5 Å². The number of carbonyl (C=O) groups is 10. The van der Waals surface area contributed by atoms with Gasteiger partial charge < -0.3 is 57.4 Å². The van der Waals surface area contributed by atoms with E-state index < -0.39 is 84.1 Å². The van der Waals surface area contributed by atoms with Crippen LogP contribution in [0.3, 0.4) is 0 Å². The topological polar surface area (TPSA) is 335 Å². The highest BCUT2D eigenvalue weighted by Gasteiger charge is 2.40. The summed E-state index contributed by atoms with van der Waals surface area (Å²) in [7, 11) is 0. The number of urea groups is 1. The quantitative estimate of drug-likeness (QED) is 0.0390. The number of carbonyl (C=O) groups excluding carboxylic acids is 7. The first-order valence-corrected chi connectivity index (χ1v) is 26.0. The third kappa shape index (κ3) is 22.8. The van der Waals surface area contributed by atoms with Crippen LogP contribution in [0.1, 0.15) is 108 Å². The predicted molar refractivity (Wildman–Crippen MR) is 284 cm³/mol. The van der Waals surface area contributed by atoms with Gasteiger partial charge in [-0.05, 0) is 106 Å². The molecule has 418 valence electrons. The monoisotopic (exact) mass is 1070 g/mol. The Morgan fingerprint density at radius 1 is 0.701 bits per heavy atom. The van der Waals surface area contributed by atoms with Gasteiger partial charge in [-0.15, -0.1) is 0 Å². The number of nitrogens with one attached hydrogen (secondary N) is 7. The van der Waals surface area contributed by atoms with Crippen LogP contribution in [0.15, 0.2) is 72.9 Å². The standard InChI is InChI=1S/C54H74N10O13/c1-35(2)49(52(74)64-30-14-19-43(64)53(75)76)62-51(73)42(32-47(68)69)60-50(72)41(59-46(67)31-37-20-22-38(23-21-37)58-54(77)61-40-17-7-6-15-36(40)3)18-9-12-28-57-45(66)25-24-44(65)56-27-10-4-5-13-29-63(34-48(70)71)33-39-16-8-11-26-55-39/h6-8,11,15-17,20-23,26,35,41-43,49H,4-5,9-10,12-14,18-19,24-25,27-34H2,1-3H3,(H,56,65)(H,57,66)(H,59,67)(H,60,72)(H,62,73)(H,68,69)(H,70,71)(H,75,76)(H2,58,61,77)/t41-,42-,43-,49-/m0/s1. The number of carboxylic acids is 3. The fraction of sp³-hybridized carbons (Fsp3) is 0.500. The number of benzene rings is 2. The molecule has 1 saturated heterocycles. The Balaban J connectivity index is 1.29. The zero-order valence-corrected chi connectivity index (χ0v) is 44.0. The number of aliphatic carboxylic acids is 3. The lowest BCUT2D eigenvalue weighted by atomic mass is 10.0. The number of aromatic nitrogens is 1. The summed E-state index contributed by atoms with van der Waals surface area (Å²) in [4.78, 5) is 135. The molecule has 0 unspecified atom stereocenters. The minimum atomic E-state index is -1.71. The average Bonchev–Trinajstić information content (AvgIpc) is 3.89. The van der Waals surface area contributed by atoms with Crippen molar-refractivity contribution in [3.05, 3.63) is 89.7 Å². The first-order chi connectivity index (χ1) is 36.8. The first-order valence-electron chi connectivity index (χ1n) is 26.0. The molecule has 4 rings (SSSR count). The number of likely N-dealkylation sites (tertiary alicyclic amines) is 1. The van der Waals surface area contributed by atoms with E-state index >= 15 is 0 Å². The van der Waals surface area contributed by atoms with E-state index in [-0.39, 0.29) is 70.0 Å². The third-order valence-corrected chi connectivity index (χ3v) is 12.7. The van der Waals surface area contributed by atoms with E-state index in [1.165, 1.54) is 0 Å². The molecular weight excluding hydrogens is 997 g/mol. The van der Waals surface area contributed by atoms with Gasteiger partial charge in [0, 0.05) is 56.6 Å². The summed E-state index contributed by atoms with van der Waals surface area (Å²) in [5, 5.41) is 47.4. The van der Waals surface area contributed by atoms with Crippen molar-refractivity contribution in [2.45, 2.75) is 135 Å². The first kappa shape index (κ1) is 61.6. The number of aryl methyl sites for hydroxylation is 1. The van der Waals surface area contributed by atoms with Gasteiger partial charge in [-0.2, -0.15) is 0 Å². The summed E-state index contributed by atoms with van der Waals surface area (Å²) in [6.07, 6.45) is 4.82. The van der Waals surface area contributed by atoms with Crippen molar-refractivity contribution >= 4 is 70.8 Å². The molecule has 0 radical (unpaired) electrons. The van der Waals surface area contributed by atoms with E-state index in [4.69, 9.17) is 0 Å². The van der Waals surface area contributed by atoms with Gasteiger partial charge in [0.1, 0.15) is 24.2 Å².